The number of nitriles is 5. The summed E-state index contributed by atoms with van der Waals surface area (Å²) in [5.74, 6) is -1.41. The van der Waals surface area contributed by atoms with Gasteiger partial charge in [-0.1, -0.05) is 0 Å². The van der Waals surface area contributed by atoms with E-state index in [9.17, 15) is 153 Å². The average molecular weight is 2080 g/mol. The van der Waals surface area contributed by atoms with Gasteiger partial charge in [-0.3, -0.25) is 36.7 Å². The van der Waals surface area contributed by atoms with Crippen molar-refractivity contribution < 1.29 is 202 Å². The summed E-state index contributed by atoms with van der Waals surface area (Å²) < 4.78 is 139. The van der Waals surface area contributed by atoms with Crippen molar-refractivity contribution in [2.75, 3.05) is 61.7 Å². The zero-order valence-electron chi connectivity index (χ0n) is 69.1. The lowest BCUT2D eigenvalue weighted by molar-refractivity contribution is -0.251. The van der Waals surface area contributed by atoms with Gasteiger partial charge >= 0.3 is 5.97 Å². The third kappa shape index (κ3) is 22.0. The number of carbonyl (C=O) groups is 1. The Bertz CT molecular complexity index is 6810. The molecule has 10 aromatic rings. The molecule has 7 unspecified atom stereocenters. The number of nitrogens with two attached hydrogens (primary N) is 5. The monoisotopic (exact) mass is 2080 g/mol. The molecule has 0 amide bonds. The van der Waals surface area contributed by atoms with Crippen LogP contribution in [0, 0.1) is 56.7 Å². The summed E-state index contributed by atoms with van der Waals surface area (Å²) in [4.78, 5) is 118. The third-order valence-electron chi connectivity index (χ3n) is 21.0. The molecule has 15 rings (SSSR count). The van der Waals surface area contributed by atoms with Gasteiger partial charge in [0, 0.05) is 24.8 Å². The molecule has 0 aromatic carbocycles. The summed E-state index contributed by atoms with van der Waals surface area (Å²) in [5.41, 5.74) is 22.4. The number of aliphatic hydroxyl groups is 11. The summed E-state index contributed by atoms with van der Waals surface area (Å²) in [5, 5.41) is 191. The molecule has 746 valence electrons. The lowest BCUT2D eigenvalue weighted by Crippen LogP contribution is -2.41. The smallest absolute Gasteiger partial charge is 0.320 e. The van der Waals surface area contributed by atoms with E-state index in [2.05, 4.69) is 57.0 Å². The third-order valence-corrected chi connectivity index (χ3v) is 28.4. The molecule has 5 fully saturated rings. The minimum atomic E-state index is -6.14. The summed E-state index contributed by atoms with van der Waals surface area (Å²) in [6.07, 6.45) is -17.9. The van der Waals surface area contributed by atoms with E-state index >= 15 is 0 Å². The first-order chi connectivity index (χ1) is 64.3. The molecule has 28 atom stereocenters. The largest absolute Gasteiger partial charge is 0.766 e. The number of aromatic nitrogens is 11. The van der Waals surface area contributed by atoms with Crippen LogP contribution < -0.4 is 68.0 Å². The van der Waals surface area contributed by atoms with Crippen LogP contribution >= 0.6 is 54.7 Å². The first-order valence-electron chi connectivity index (χ1n) is 38.2. The van der Waals surface area contributed by atoms with Crippen LogP contribution in [0.3, 0.4) is 0 Å². The van der Waals surface area contributed by atoms with Crippen LogP contribution in [0.15, 0.2) is 116 Å². The Morgan fingerprint density at radius 1 is 0.406 bits per heavy atom. The number of carboxylic acid groups (broad SMARTS) is 1. The number of phosphoric acid groups is 6. The second-order valence-corrected chi connectivity index (χ2v) is 39.4. The van der Waals surface area contributed by atoms with E-state index in [0.717, 1.165) is 17.8 Å². The van der Waals surface area contributed by atoms with Crippen molar-refractivity contribution in [3.8, 4) is 30.3 Å². The molecule has 26 N–H and O–H groups in total. The number of rotatable bonds is 27. The van der Waals surface area contributed by atoms with E-state index in [0.29, 0.717) is 44.8 Å². The maximum atomic E-state index is 11.9. The number of anilines is 5. The summed E-state index contributed by atoms with van der Waals surface area (Å²) >= 11 is 0. The SMILES string of the molecule is C[C@H](NP(=O)([O-])OC[C@H]1O[C@@](C#N)(c2ccc3c(N)ccnn23)[C@H](O)[C@@H]1O)C(=O)O.N#C[C@@]1(c2ccc3c(N)ccnn23)O[C@H](CO)[C@@H](O)[C@H]1O.N#C[C@@]1(c2ccc3c(N)ccnn23)O[C@H](COP(=O)([O-])O)[C@@H](O)[C@H]1O.N#C[C@@]1(c2ccc3c(N)ccnn23)O[C@H](COP(=O)([O-])OP(=O)([O-])O)[C@@H](O)[C@H]1O.N#C[C@@]1(c2ccc3c(N)ncnn23)O[C@H](COP(=O)([O-])OP(=O)([O-])OP(=O)([O-])O)[C@@H](O)[C@H]1O. The van der Waals surface area contributed by atoms with Gasteiger partial charge in [-0.15, -0.1) is 0 Å². The van der Waals surface area contributed by atoms with Crippen molar-refractivity contribution in [3.05, 3.63) is 145 Å². The predicted molar refractivity (Wildman–Crippen MR) is 431 cm³/mol. The fourth-order valence-electron chi connectivity index (χ4n) is 14.5. The van der Waals surface area contributed by atoms with Gasteiger partial charge < -0.3 is 181 Å². The molecule has 5 aliphatic heterocycles. The first kappa shape index (κ1) is 108. The zero-order valence-corrected chi connectivity index (χ0v) is 75.4. The summed E-state index contributed by atoms with van der Waals surface area (Å²) in [6, 6.07) is 28.4. The lowest BCUT2D eigenvalue weighted by Gasteiger charge is -2.33. The van der Waals surface area contributed by atoms with Crippen LogP contribution in [0.25, 0.3) is 27.6 Å². The Balaban J connectivity index is 0.000000166. The maximum absolute atomic E-state index is 11.9. The van der Waals surface area contributed by atoms with Gasteiger partial charge in [-0.25, -0.2) is 45.6 Å². The number of aliphatic hydroxyl groups excluding tert-OH is 11. The van der Waals surface area contributed by atoms with Crippen molar-refractivity contribution >= 4 is 117 Å². The predicted octanol–water partition coefficient (Wildman–Crippen LogP) is -10.4. The van der Waals surface area contributed by atoms with E-state index in [4.69, 9.17) is 76.7 Å². The minimum absolute atomic E-state index is 0.00248. The zero-order chi connectivity index (χ0) is 102. The lowest BCUT2D eigenvalue weighted by atomic mass is 9.92. The van der Waals surface area contributed by atoms with Crippen molar-refractivity contribution in [1.29, 1.82) is 26.3 Å². The van der Waals surface area contributed by atoms with Gasteiger partial charge in [0.2, 0.25) is 35.8 Å². The molecule has 0 saturated carbocycles. The highest BCUT2D eigenvalue weighted by Crippen LogP contribution is 2.62. The Morgan fingerprint density at radius 3 is 0.942 bits per heavy atom. The molecular formula is C67H74N22O42P7-7. The summed E-state index contributed by atoms with van der Waals surface area (Å²) in [6.45, 7) is -3.20. The molecule has 71 heteroatoms. The molecule has 10 aromatic heterocycles. The Kier molecular flexibility index (Phi) is 32.1. The Morgan fingerprint density at radius 2 is 0.667 bits per heavy atom. The molecule has 0 spiro atoms. The van der Waals surface area contributed by atoms with Crippen LogP contribution in [-0.4, -0.2) is 266 Å². The highest BCUT2D eigenvalue weighted by atomic mass is 31.3. The van der Waals surface area contributed by atoms with Crippen molar-refractivity contribution in [3.63, 3.8) is 0 Å². The fourth-order valence-corrected chi connectivity index (χ4v) is 20.3. The summed E-state index contributed by atoms with van der Waals surface area (Å²) in [7, 11) is -39.0. The van der Waals surface area contributed by atoms with E-state index in [1.807, 2.05) is 12.1 Å². The van der Waals surface area contributed by atoms with Gasteiger partial charge in [0.05, 0.1) is 106 Å². The number of fused-ring (bicyclic) bond motifs is 5. The highest BCUT2D eigenvalue weighted by molar-refractivity contribution is 7.65. The van der Waals surface area contributed by atoms with Gasteiger partial charge in [0.25, 0.3) is 46.9 Å². The van der Waals surface area contributed by atoms with Gasteiger partial charge in [0.15, 0.2) is 5.82 Å². The van der Waals surface area contributed by atoms with E-state index in [-0.39, 0.29) is 39.8 Å². The normalized spacial score (nSPS) is 31.0. The van der Waals surface area contributed by atoms with Crippen molar-refractivity contribution in [1.82, 2.24) is 58.1 Å². The number of nitrogen functional groups attached to an aromatic ring is 5. The molecular weight excluding hydrogens is 2000 g/mol. The quantitative estimate of drug-likeness (QED) is 0.0213. The number of nitrogens with zero attached hydrogens (tertiary/aromatic N) is 16. The minimum Gasteiger partial charge on any atom is -0.766 e. The fraction of sp³-hybridized carbons (Fsp3) is 0.403. The molecule has 5 saturated heterocycles. The molecule has 0 radical (unpaired) electrons. The molecule has 138 heavy (non-hydrogen) atoms. The van der Waals surface area contributed by atoms with E-state index < -0.39 is 219 Å². The van der Waals surface area contributed by atoms with Gasteiger partial charge in [-0.05, 0) is 91.9 Å². The second kappa shape index (κ2) is 41.0. The second-order valence-electron chi connectivity index (χ2n) is 29.6. The van der Waals surface area contributed by atoms with Crippen LogP contribution in [0.1, 0.15) is 35.4 Å². The number of carboxylic acids is 1. The Hall–Kier alpha value is -10.4. The molecule has 0 aliphatic carbocycles. The number of phosphoric ester groups is 3. The standard InChI is InChI=1S/C16H20N5O8P.C13H16N4O10P2.C13H15N4O7P.C13H14N4O4.C12H16N5O13P3/c1-8(15(24)25)20-30(26,27)28-6-11-13(22)14(23)16(7-17,29-11)12-3-2-10-9(18)4-5-19-21(10)12;14-6-13(10-2-1-8-7(15)3-4-16-17(8)10)12(19)11(18)9(26-13)5-25-29(23,24)27-28(20,21)22;14-6-13(10-2-1-8-7(15)3-4-16-17(8)10)12(19)11(18)9(24-13)5-23-25(20,21)22;14-6-13(12(20)11(19)9(5-18)21-13)10-2-1-8-7(15)3-4-16-17(8)10;13-4-12(8-2-1-6-11(14)15-5-16-17(6)8)10(19)9(18)7(28-12)3-27-32(23,24)30-33(25,26)29-31(20,21)22/h2-5,8,11,13-14,22-23H,6,18H2,1H3,(H,24,25)(H2,20,26,27);1-4,9,11-12,18-19H,5,15H2,(H,23,24)(H2,20,21,22);1-4,9,11-12,18-19H,5,15H2,(H2,20,21,22);1-4,9,11-12,18-20H,5,15H2;1-2,5,7,9-10,18-19H,3H2,(H,23,24)(H,25,26)(H2,14,15,16)(H2,20,21,22)/p-7/t8-,11+,13+,14+,16-;3*9-,11-,12-,13+;7-,9-,10-,12+/m01111/s1. The van der Waals surface area contributed by atoms with E-state index in [1.54, 1.807) is 59.7 Å². The maximum Gasteiger partial charge on any atom is 0.320 e. The molecule has 64 nitrogen and oxygen atoms in total. The number of hydrogen-bond acceptors (Lipinski definition) is 54. The number of hydrogen-bond donors (Lipinski definition) is 21. The van der Waals surface area contributed by atoms with Crippen molar-refractivity contribution in [2.45, 2.75) is 133 Å². The van der Waals surface area contributed by atoms with E-state index in [1.165, 1.54) is 91.4 Å². The molecule has 0 bridgehead atoms. The van der Waals surface area contributed by atoms with Crippen LogP contribution in [0.5, 0.6) is 0 Å². The average Bonchev–Trinajstić information content (AvgIpc) is 1.61. The van der Waals surface area contributed by atoms with Gasteiger partial charge in [-0.2, -0.15) is 51.8 Å². The topological polar surface area (TPSA) is 1070 Å². The number of nitrogens with one attached hydrogen (secondary N) is 1. The van der Waals surface area contributed by atoms with Gasteiger partial charge in [0.1, 0.15) is 140 Å². The highest BCUT2D eigenvalue weighted by Gasteiger charge is 2.63. The van der Waals surface area contributed by atoms with Crippen molar-refractivity contribution in [2.24, 2.45) is 0 Å². The molecule has 5 aliphatic rings. The first-order valence-corrected chi connectivity index (χ1v) is 48.6. The van der Waals surface area contributed by atoms with Crippen LogP contribution in [0.4, 0.5) is 28.6 Å². The van der Waals surface area contributed by atoms with Crippen LogP contribution in [-0.2, 0) is 119 Å². The number of aliphatic carboxylic acids is 1. The van der Waals surface area contributed by atoms with Crippen LogP contribution in [0.2, 0.25) is 0 Å². The number of ether oxygens (including phenoxy) is 5. The molecule has 15 heterocycles. The Labute approximate surface area is 768 Å².